The molecule has 0 unspecified atom stereocenters. The fraction of sp³-hybridized carbons (Fsp3) is 0.0500. The minimum atomic E-state index is -0.587. The molecule has 2 aromatic carbocycles. The van der Waals surface area contributed by atoms with E-state index in [1.165, 1.54) is 17.8 Å². The number of carbonyl (C=O) groups excluding carboxylic acids is 2. The molecular formula is C20H17N9O3. The number of hydrazone groups is 1. The predicted molar refractivity (Wildman–Crippen MR) is 115 cm³/mol. The van der Waals surface area contributed by atoms with E-state index in [1.807, 2.05) is 18.2 Å². The van der Waals surface area contributed by atoms with E-state index in [0.29, 0.717) is 22.5 Å². The number of nitrogens with one attached hydrogen (secondary N) is 2. The first-order valence-electron chi connectivity index (χ1n) is 9.33. The van der Waals surface area contributed by atoms with Crippen LogP contribution in [-0.2, 0) is 4.79 Å². The first-order chi connectivity index (χ1) is 15.5. The van der Waals surface area contributed by atoms with Gasteiger partial charge in [-0.15, -0.1) is 5.10 Å². The molecule has 0 radical (unpaired) electrons. The smallest absolute Gasteiger partial charge is 0.294 e. The summed E-state index contributed by atoms with van der Waals surface area (Å²) in [7, 11) is 0. The Kier molecular flexibility index (Phi) is 5.66. The quantitative estimate of drug-likeness (QED) is 0.306. The molecule has 0 saturated heterocycles. The van der Waals surface area contributed by atoms with Gasteiger partial charge in [0.25, 0.3) is 5.91 Å². The second-order valence-electron chi connectivity index (χ2n) is 6.54. The van der Waals surface area contributed by atoms with Crippen molar-refractivity contribution in [3.63, 3.8) is 0 Å². The molecular weight excluding hydrogens is 414 g/mol. The maximum Gasteiger partial charge on any atom is 0.294 e. The third kappa shape index (κ3) is 4.33. The lowest BCUT2D eigenvalue weighted by atomic mass is 10.1. The Morgan fingerprint density at radius 3 is 2.50 bits per heavy atom. The SMILES string of the molecule is CC(=O)Nc1ccc(/C=N\NC(=O)c2nnn(-c3nonc3N)c2-c2ccccc2)cc1. The summed E-state index contributed by atoms with van der Waals surface area (Å²) < 4.78 is 5.92. The number of nitrogen functional groups attached to an aromatic ring is 1. The van der Waals surface area contributed by atoms with Crippen LogP contribution in [0.3, 0.4) is 0 Å². The van der Waals surface area contributed by atoms with E-state index in [9.17, 15) is 9.59 Å². The zero-order chi connectivity index (χ0) is 22.5. The lowest BCUT2D eigenvalue weighted by Gasteiger charge is -2.05. The molecule has 0 spiro atoms. The van der Waals surface area contributed by atoms with Crippen molar-refractivity contribution in [2.45, 2.75) is 6.92 Å². The summed E-state index contributed by atoms with van der Waals surface area (Å²) in [5.41, 5.74) is 10.6. The van der Waals surface area contributed by atoms with Gasteiger partial charge in [0.05, 0.1) is 6.21 Å². The lowest BCUT2D eigenvalue weighted by molar-refractivity contribution is -0.114. The zero-order valence-electron chi connectivity index (χ0n) is 16.8. The Morgan fingerprint density at radius 1 is 1.09 bits per heavy atom. The monoisotopic (exact) mass is 431 g/mol. The molecule has 0 aliphatic heterocycles. The Labute approximate surface area is 181 Å². The summed E-state index contributed by atoms with van der Waals surface area (Å²) in [6.45, 7) is 1.43. The fourth-order valence-corrected chi connectivity index (χ4v) is 2.85. The van der Waals surface area contributed by atoms with Crippen LogP contribution in [0.1, 0.15) is 23.0 Å². The summed E-state index contributed by atoms with van der Waals surface area (Å²) in [5.74, 6) is -0.640. The topological polar surface area (TPSA) is 166 Å². The molecule has 4 N–H and O–H groups in total. The molecule has 0 aliphatic carbocycles. The van der Waals surface area contributed by atoms with Crippen LogP contribution in [0.15, 0.2) is 64.3 Å². The molecule has 4 rings (SSSR count). The van der Waals surface area contributed by atoms with Crippen molar-refractivity contribution in [3.05, 3.63) is 65.9 Å². The Bertz CT molecular complexity index is 1280. The van der Waals surface area contributed by atoms with Gasteiger partial charge in [0.1, 0.15) is 5.69 Å². The second-order valence-corrected chi connectivity index (χ2v) is 6.54. The van der Waals surface area contributed by atoms with Crippen LogP contribution in [-0.4, -0.2) is 43.3 Å². The van der Waals surface area contributed by atoms with Gasteiger partial charge in [-0.3, -0.25) is 9.59 Å². The van der Waals surface area contributed by atoms with Gasteiger partial charge >= 0.3 is 0 Å². The standard InChI is InChI=1S/C20H17N9O3/c1-12(30)23-15-9-7-13(8-10-15)11-22-25-20(31)16-17(14-5-3-2-4-6-14)29(28-24-16)19-18(21)26-32-27-19/h2-11H,1H3,(H2,21,26)(H,23,30)(H,25,31)/b22-11-. The number of aromatic nitrogens is 5. The molecule has 0 atom stereocenters. The largest absolute Gasteiger partial charge is 0.378 e. The maximum absolute atomic E-state index is 12.8. The van der Waals surface area contributed by atoms with Crippen LogP contribution in [0.25, 0.3) is 17.1 Å². The number of hydrogen-bond donors (Lipinski definition) is 3. The highest BCUT2D eigenvalue weighted by molar-refractivity contribution is 5.99. The zero-order valence-corrected chi connectivity index (χ0v) is 16.8. The van der Waals surface area contributed by atoms with Crippen molar-refractivity contribution in [1.82, 2.24) is 30.7 Å². The molecule has 2 amide bonds. The van der Waals surface area contributed by atoms with E-state index in [0.717, 1.165) is 0 Å². The van der Waals surface area contributed by atoms with Gasteiger partial charge in [0.15, 0.2) is 5.69 Å². The van der Waals surface area contributed by atoms with E-state index in [-0.39, 0.29) is 23.2 Å². The first kappa shape index (κ1) is 20.4. The minimum Gasteiger partial charge on any atom is -0.378 e. The molecule has 160 valence electrons. The Hall–Kier alpha value is -4.87. The summed E-state index contributed by atoms with van der Waals surface area (Å²) in [4.78, 5) is 23.9. The highest BCUT2D eigenvalue weighted by Gasteiger charge is 2.24. The average Bonchev–Trinajstić information content (AvgIpc) is 3.41. The van der Waals surface area contributed by atoms with Crippen molar-refractivity contribution in [1.29, 1.82) is 0 Å². The van der Waals surface area contributed by atoms with E-state index in [1.54, 1.807) is 36.4 Å². The van der Waals surface area contributed by atoms with Crippen molar-refractivity contribution < 1.29 is 14.2 Å². The van der Waals surface area contributed by atoms with Crippen LogP contribution < -0.4 is 16.5 Å². The van der Waals surface area contributed by atoms with E-state index in [4.69, 9.17) is 5.73 Å². The van der Waals surface area contributed by atoms with Gasteiger partial charge < -0.3 is 11.1 Å². The highest BCUT2D eigenvalue weighted by atomic mass is 16.6. The highest BCUT2D eigenvalue weighted by Crippen LogP contribution is 2.26. The Balaban J connectivity index is 1.57. The van der Waals surface area contributed by atoms with E-state index < -0.39 is 5.91 Å². The van der Waals surface area contributed by atoms with Gasteiger partial charge in [-0.2, -0.15) is 9.78 Å². The van der Waals surface area contributed by atoms with Crippen LogP contribution in [0.2, 0.25) is 0 Å². The van der Waals surface area contributed by atoms with Crippen molar-refractivity contribution in [2.75, 3.05) is 11.1 Å². The second kappa shape index (κ2) is 8.87. The van der Waals surface area contributed by atoms with Crippen molar-refractivity contribution in [2.24, 2.45) is 5.10 Å². The van der Waals surface area contributed by atoms with Crippen LogP contribution in [0, 0.1) is 0 Å². The number of benzene rings is 2. The van der Waals surface area contributed by atoms with Gasteiger partial charge in [0, 0.05) is 18.2 Å². The number of hydrogen-bond acceptors (Lipinski definition) is 9. The van der Waals surface area contributed by atoms with Crippen LogP contribution in [0.4, 0.5) is 11.5 Å². The van der Waals surface area contributed by atoms with E-state index in [2.05, 4.69) is 41.1 Å². The average molecular weight is 431 g/mol. The molecule has 0 bridgehead atoms. The maximum atomic E-state index is 12.8. The normalized spacial score (nSPS) is 10.9. The minimum absolute atomic E-state index is 0.000213. The number of nitrogens with zero attached hydrogens (tertiary/aromatic N) is 6. The van der Waals surface area contributed by atoms with Crippen LogP contribution in [0.5, 0.6) is 0 Å². The molecule has 12 nitrogen and oxygen atoms in total. The summed E-state index contributed by atoms with van der Waals surface area (Å²) in [6.07, 6.45) is 1.46. The molecule has 12 heteroatoms. The molecule has 32 heavy (non-hydrogen) atoms. The fourth-order valence-electron chi connectivity index (χ4n) is 2.85. The number of nitrogens with two attached hydrogens (primary N) is 1. The third-order valence-corrected chi connectivity index (χ3v) is 4.24. The number of amides is 2. The lowest BCUT2D eigenvalue weighted by Crippen LogP contribution is -2.19. The third-order valence-electron chi connectivity index (χ3n) is 4.24. The molecule has 0 saturated carbocycles. The number of rotatable bonds is 6. The Morgan fingerprint density at radius 2 is 1.84 bits per heavy atom. The van der Waals surface area contributed by atoms with Gasteiger partial charge in [-0.05, 0) is 28.0 Å². The summed E-state index contributed by atoms with van der Waals surface area (Å²) >= 11 is 0. The predicted octanol–water partition coefficient (Wildman–Crippen LogP) is 1.62. The number of carbonyl (C=O) groups is 2. The van der Waals surface area contributed by atoms with E-state index >= 15 is 0 Å². The summed E-state index contributed by atoms with van der Waals surface area (Å²) in [6, 6.07) is 16.0. The molecule has 0 fully saturated rings. The summed E-state index contributed by atoms with van der Waals surface area (Å²) in [5, 5.41) is 21.9. The van der Waals surface area contributed by atoms with Crippen molar-refractivity contribution >= 4 is 29.5 Å². The van der Waals surface area contributed by atoms with Gasteiger partial charge in [0.2, 0.25) is 17.5 Å². The molecule has 2 heterocycles. The first-order valence-corrected chi connectivity index (χ1v) is 9.33. The van der Waals surface area contributed by atoms with Crippen LogP contribution >= 0.6 is 0 Å². The van der Waals surface area contributed by atoms with Crippen molar-refractivity contribution in [3.8, 4) is 17.1 Å². The number of anilines is 2. The molecule has 4 aromatic rings. The molecule has 2 aromatic heterocycles. The van der Waals surface area contributed by atoms with Gasteiger partial charge in [-0.1, -0.05) is 47.7 Å². The van der Waals surface area contributed by atoms with Gasteiger partial charge in [-0.25, -0.2) is 10.1 Å². The molecule has 0 aliphatic rings.